The van der Waals surface area contributed by atoms with E-state index in [0.29, 0.717) is 6.54 Å². The van der Waals surface area contributed by atoms with Gasteiger partial charge in [0.05, 0.1) is 0 Å². The van der Waals surface area contributed by atoms with Crippen LogP contribution >= 0.6 is 0 Å². The van der Waals surface area contributed by atoms with Gasteiger partial charge in [0, 0.05) is 12.2 Å². The highest BCUT2D eigenvalue weighted by molar-refractivity contribution is 5.73. The zero-order valence-electron chi connectivity index (χ0n) is 9.80. The summed E-state index contributed by atoms with van der Waals surface area (Å²) in [4.78, 5) is 13.2. The van der Waals surface area contributed by atoms with Crippen LogP contribution in [0.25, 0.3) is 0 Å². The van der Waals surface area contributed by atoms with Crippen LogP contribution in [0, 0.1) is 0 Å². The smallest absolute Gasteiger partial charge is 0.320 e. The molecule has 0 bridgehead atoms. The second-order valence-electron chi connectivity index (χ2n) is 4.52. The van der Waals surface area contributed by atoms with Gasteiger partial charge in [-0.15, -0.1) is 0 Å². The number of likely N-dealkylation sites (tertiary alicyclic amines) is 1. The highest BCUT2D eigenvalue weighted by Gasteiger charge is 2.28. The highest BCUT2D eigenvalue weighted by Crippen LogP contribution is 2.22. The maximum atomic E-state index is 11.2. The van der Waals surface area contributed by atoms with Crippen molar-refractivity contribution in [3.63, 3.8) is 0 Å². The van der Waals surface area contributed by atoms with E-state index >= 15 is 0 Å². The van der Waals surface area contributed by atoms with E-state index in [1.54, 1.807) is 0 Å². The number of para-hydroxylation sites is 1. The summed E-state index contributed by atoms with van der Waals surface area (Å²) in [6.45, 7) is 1.47. The van der Waals surface area contributed by atoms with E-state index < -0.39 is 5.97 Å². The number of rotatable bonds is 3. The molecule has 4 heteroatoms. The Morgan fingerprint density at radius 3 is 2.88 bits per heavy atom. The SMILES string of the molecule is Nc1ccccc1CN1CCCCC1C(=O)O. The Morgan fingerprint density at radius 1 is 1.41 bits per heavy atom. The summed E-state index contributed by atoms with van der Waals surface area (Å²) in [6.07, 6.45) is 2.80. The van der Waals surface area contributed by atoms with Crippen molar-refractivity contribution in [2.24, 2.45) is 0 Å². The van der Waals surface area contributed by atoms with E-state index in [-0.39, 0.29) is 6.04 Å². The topological polar surface area (TPSA) is 66.6 Å². The van der Waals surface area contributed by atoms with E-state index in [0.717, 1.165) is 37.1 Å². The van der Waals surface area contributed by atoms with Crippen molar-refractivity contribution < 1.29 is 9.90 Å². The predicted octanol–water partition coefficient (Wildman–Crippen LogP) is 1.71. The normalized spacial score (nSPS) is 21.3. The summed E-state index contributed by atoms with van der Waals surface area (Å²) in [5.41, 5.74) is 7.64. The molecule has 3 N–H and O–H groups in total. The number of piperidine rings is 1. The van der Waals surface area contributed by atoms with Gasteiger partial charge >= 0.3 is 5.97 Å². The number of nitrogens with zero attached hydrogens (tertiary/aromatic N) is 1. The Labute approximate surface area is 101 Å². The van der Waals surface area contributed by atoms with Crippen LogP contribution in [-0.4, -0.2) is 28.6 Å². The zero-order valence-corrected chi connectivity index (χ0v) is 9.80. The van der Waals surface area contributed by atoms with Crippen LogP contribution in [0.2, 0.25) is 0 Å². The third kappa shape index (κ3) is 2.77. The van der Waals surface area contributed by atoms with Crippen molar-refractivity contribution >= 4 is 11.7 Å². The van der Waals surface area contributed by atoms with Crippen LogP contribution in [0.5, 0.6) is 0 Å². The summed E-state index contributed by atoms with van der Waals surface area (Å²) in [6, 6.07) is 7.29. The standard InChI is InChI=1S/C13H18N2O2/c14-11-6-2-1-5-10(11)9-15-8-4-3-7-12(15)13(16)17/h1-2,5-6,12H,3-4,7-9,14H2,(H,16,17). The lowest BCUT2D eigenvalue weighted by Crippen LogP contribution is -2.44. The molecular formula is C13H18N2O2. The quantitative estimate of drug-likeness (QED) is 0.781. The Kier molecular flexibility index (Phi) is 3.64. The second kappa shape index (κ2) is 5.19. The number of benzene rings is 1. The van der Waals surface area contributed by atoms with Crippen LogP contribution in [0.15, 0.2) is 24.3 Å². The van der Waals surface area contributed by atoms with Gasteiger partial charge in [0.1, 0.15) is 6.04 Å². The maximum absolute atomic E-state index is 11.2. The molecule has 0 aliphatic carbocycles. The van der Waals surface area contributed by atoms with Gasteiger partial charge < -0.3 is 10.8 Å². The molecule has 0 saturated carbocycles. The molecule has 1 aliphatic rings. The van der Waals surface area contributed by atoms with Crippen molar-refractivity contribution in [1.82, 2.24) is 4.90 Å². The first kappa shape index (κ1) is 11.9. The zero-order chi connectivity index (χ0) is 12.3. The lowest BCUT2D eigenvalue weighted by molar-refractivity contribution is -0.144. The first-order valence-corrected chi connectivity index (χ1v) is 5.98. The molecule has 2 rings (SSSR count). The molecule has 1 aromatic rings. The number of hydrogen-bond acceptors (Lipinski definition) is 3. The van der Waals surface area contributed by atoms with E-state index in [4.69, 9.17) is 5.73 Å². The Bertz CT molecular complexity index is 406. The van der Waals surface area contributed by atoms with E-state index in [1.165, 1.54) is 0 Å². The summed E-state index contributed by atoms with van der Waals surface area (Å²) in [7, 11) is 0. The predicted molar refractivity (Wildman–Crippen MR) is 66.5 cm³/mol. The number of hydrogen-bond donors (Lipinski definition) is 2. The Balaban J connectivity index is 2.11. The number of anilines is 1. The number of nitrogens with two attached hydrogens (primary N) is 1. The summed E-state index contributed by atoms with van der Waals surface area (Å²) < 4.78 is 0. The first-order valence-electron chi connectivity index (χ1n) is 5.98. The molecule has 1 saturated heterocycles. The third-order valence-electron chi connectivity index (χ3n) is 3.33. The number of nitrogen functional groups attached to an aromatic ring is 1. The van der Waals surface area contributed by atoms with Gasteiger partial charge in [-0.1, -0.05) is 24.6 Å². The first-order chi connectivity index (χ1) is 8.18. The molecule has 0 aromatic heterocycles. The molecule has 92 valence electrons. The van der Waals surface area contributed by atoms with Crippen molar-refractivity contribution in [2.45, 2.75) is 31.8 Å². The molecule has 1 atom stereocenters. The molecular weight excluding hydrogens is 216 g/mol. The molecule has 1 aliphatic heterocycles. The summed E-state index contributed by atoms with van der Waals surface area (Å²) in [5.74, 6) is -0.723. The Morgan fingerprint density at radius 2 is 2.18 bits per heavy atom. The largest absolute Gasteiger partial charge is 0.480 e. The average molecular weight is 234 g/mol. The molecule has 17 heavy (non-hydrogen) atoms. The van der Waals surface area contributed by atoms with Crippen molar-refractivity contribution in [1.29, 1.82) is 0 Å². The number of carboxylic acids is 1. The molecule has 0 radical (unpaired) electrons. The number of carbonyl (C=O) groups is 1. The van der Waals surface area contributed by atoms with Gasteiger partial charge in [-0.25, -0.2) is 0 Å². The van der Waals surface area contributed by atoms with Crippen molar-refractivity contribution in [3.05, 3.63) is 29.8 Å². The monoisotopic (exact) mass is 234 g/mol. The van der Waals surface area contributed by atoms with Gasteiger partial charge in [-0.3, -0.25) is 9.69 Å². The van der Waals surface area contributed by atoms with Gasteiger partial charge in [-0.05, 0) is 31.0 Å². The lowest BCUT2D eigenvalue weighted by Gasteiger charge is -2.33. The van der Waals surface area contributed by atoms with Crippen molar-refractivity contribution in [2.75, 3.05) is 12.3 Å². The maximum Gasteiger partial charge on any atom is 0.320 e. The number of aliphatic carboxylic acids is 1. The van der Waals surface area contributed by atoms with E-state index in [9.17, 15) is 9.90 Å². The Hall–Kier alpha value is -1.55. The highest BCUT2D eigenvalue weighted by atomic mass is 16.4. The third-order valence-corrected chi connectivity index (χ3v) is 3.33. The molecule has 0 amide bonds. The van der Waals surface area contributed by atoms with Crippen LogP contribution in [0.4, 0.5) is 5.69 Å². The van der Waals surface area contributed by atoms with Crippen LogP contribution in [-0.2, 0) is 11.3 Å². The fraction of sp³-hybridized carbons (Fsp3) is 0.462. The van der Waals surface area contributed by atoms with Gasteiger partial charge in [-0.2, -0.15) is 0 Å². The van der Waals surface area contributed by atoms with E-state index in [2.05, 4.69) is 0 Å². The number of carboxylic acid groups (broad SMARTS) is 1. The minimum absolute atomic E-state index is 0.358. The molecule has 1 fully saturated rings. The van der Waals surface area contributed by atoms with Gasteiger partial charge in [0.2, 0.25) is 0 Å². The second-order valence-corrected chi connectivity index (χ2v) is 4.52. The summed E-state index contributed by atoms with van der Waals surface area (Å²) >= 11 is 0. The fourth-order valence-corrected chi connectivity index (χ4v) is 2.36. The van der Waals surface area contributed by atoms with Crippen LogP contribution in [0.1, 0.15) is 24.8 Å². The lowest BCUT2D eigenvalue weighted by atomic mass is 10.0. The fourth-order valence-electron chi connectivity index (χ4n) is 2.36. The molecule has 1 heterocycles. The van der Waals surface area contributed by atoms with E-state index in [1.807, 2.05) is 29.2 Å². The van der Waals surface area contributed by atoms with Crippen molar-refractivity contribution in [3.8, 4) is 0 Å². The minimum atomic E-state index is -0.723. The van der Waals surface area contributed by atoms with Crippen LogP contribution < -0.4 is 5.73 Å². The average Bonchev–Trinajstić information content (AvgIpc) is 2.32. The molecule has 4 nitrogen and oxygen atoms in total. The molecule has 1 aromatic carbocycles. The van der Waals surface area contributed by atoms with Gasteiger partial charge in [0.25, 0.3) is 0 Å². The molecule has 0 spiro atoms. The van der Waals surface area contributed by atoms with Crippen LogP contribution in [0.3, 0.4) is 0 Å². The summed E-state index contributed by atoms with van der Waals surface area (Å²) in [5, 5.41) is 9.18. The molecule has 1 unspecified atom stereocenters. The minimum Gasteiger partial charge on any atom is -0.480 e. The van der Waals surface area contributed by atoms with Gasteiger partial charge in [0.15, 0.2) is 0 Å².